The van der Waals surface area contributed by atoms with Crippen LogP contribution < -0.4 is 10.6 Å². The van der Waals surface area contributed by atoms with E-state index in [2.05, 4.69) is 38.6 Å². The third-order valence-corrected chi connectivity index (χ3v) is 12.8. The van der Waals surface area contributed by atoms with Crippen LogP contribution in [-0.2, 0) is 19.9 Å². The van der Waals surface area contributed by atoms with Crippen LogP contribution in [0.25, 0.3) is 0 Å². The van der Waals surface area contributed by atoms with Crippen LogP contribution in [0.5, 0.6) is 11.5 Å². The maximum Gasteiger partial charge on any atom is 0.198 e. The van der Waals surface area contributed by atoms with Gasteiger partial charge in [0.1, 0.15) is 36.7 Å². The molecule has 63 heavy (non-hydrogen) atoms. The number of ketones is 4. The number of likely N-dealkylation sites (N-methyl/N-ethyl adjacent to an activating group) is 2. The lowest BCUT2D eigenvalue weighted by Gasteiger charge is -2.43. The average molecular weight is 887 g/mol. The molecule has 8 rings (SSSR count). The third-order valence-electron chi connectivity index (χ3n) is 12.8. The monoisotopic (exact) mass is 886 g/mol. The van der Waals surface area contributed by atoms with Crippen LogP contribution in [0, 0.1) is 0 Å². The van der Waals surface area contributed by atoms with Gasteiger partial charge in [0.15, 0.2) is 23.1 Å². The minimum absolute atomic E-state index is 0.0968. The quantitative estimate of drug-likeness (QED) is 0.0494. The van der Waals surface area contributed by atoms with E-state index in [0.29, 0.717) is 58.8 Å². The van der Waals surface area contributed by atoms with Gasteiger partial charge in [0.2, 0.25) is 0 Å². The number of ether oxygens (including phenoxy) is 2. The van der Waals surface area contributed by atoms with Crippen molar-refractivity contribution in [2.24, 2.45) is 0 Å². The second-order valence-corrected chi connectivity index (χ2v) is 17.7. The molecule has 2 heterocycles. The van der Waals surface area contributed by atoms with Gasteiger partial charge in [-0.3, -0.25) is 27.6 Å². The first kappa shape index (κ1) is 47.0. The Morgan fingerprint density at radius 2 is 0.905 bits per heavy atom. The summed E-state index contributed by atoms with van der Waals surface area (Å²) in [5, 5.41) is 27.2. The summed E-state index contributed by atoms with van der Waals surface area (Å²) in [6.45, 7) is 12.9. The Kier molecular flexibility index (Phi) is 14.5. The number of hydrogen-bond donors (Lipinski definition) is 4. The number of carbonyl (C=O) groups is 4. The Morgan fingerprint density at radius 3 is 1.22 bits per heavy atom. The number of phenolic OH excluding ortho intramolecular Hbond substituents is 2. The van der Waals surface area contributed by atoms with Crippen molar-refractivity contribution in [3.05, 3.63) is 117 Å². The number of aromatic hydroxyl groups is 2. The number of anilines is 2. The number of rotatable bonds is 10. The van der Waals surface area contributed by atoms with Crippen molar-refractivity contribution < 1.29 is 65.4 Å². The lowest BCUT2D eigenvalue weighted by atomic mass is 9.82. The van der Waals surface area contributed by atoms with Gasteiger partial charge in [-0.25, -0.2) is 0 Å². The van der Waals surface area contributed by atoms with Crippen molar-refractivity contribution in [2.75, 3.05) is 90.4 Å². The van der Waals surface area contributed by atoms with Crippen molar-refractivity contribution in [1.82, 2.24) is 0 Å². The zero-order chi connectivity index (χ0) is 45.7. The molecule has 0 radical (unpaired) electrons. The van der Waals surface area contributed by atoms with Crippen molar-refractivity contribution in [3.8, 4) is 11.5 Å². The first-order valence-electron chi connectivity index (χ1n) is 20.9. The molecule has 4 aromatic carbocycles. The summed E-state index contributed by atoms with van der Waals surface area (Å²) in [5.41, 5.74) is 3.40. The molecule has 0 saturated carbocycles. The summed E-state index contributed by atoms with van der Waals surface area (Å²) in [7, 11) is -0.649. The molecule has 0 aromatic heterocycles. The standard InChI is InChI=1S/2C23H26N2O4.H2O4S/c2*1-15-14-29-13-12-25(15,2)11-5-10-24-18-8-9-19(26)21-20(18)22(27)16-6-3-4-7-17(16)23(21)28;1-5(2,3)4/h2*3-4,6-9,15H,5,10-14H2,1-2H3,(H-,24,26,27,28);(H2,1,2,3,4). The fraction of sp³-hybridized carbons (Fsp3) is 0.391. The van der Waals surface area contributed by atoms with E-state index in [0.717, 1.165) is 74.4 Å². The topological polar surface area (TPSA) is 232 Å². The van der Waals surface area contributed by atoms with Crippen molar-refractivity contribution in [1.29, 1.82) is 0 Å². The van der Waals surface area contributed by atoms with Crippen LogP contribution in [-0.4, -0.2) is 152 Å². The number of phenols is 2. The Labute approximate surface area is 367 Å². The highest BCUT2D eigenvalue weighted by atomic mass is 32.3. The third kappa shape index (κ3) is 10.5. The summed E-state index contributed by atoms with van der Waals surface area (Å²) in [6, 6.07) is 20.8. The average Bonchev–Trinajstić information content (AvgIpc) is 3.25. The second kappa shape index (κ2) is 19.5. The summed E-state index contributed by atoms with van der Waals surface area (Å²) < 4.78 is 47.1. The van der Waals surface area contributed by atoms with Crippen LogP contribution in [0.3, 0.4) is 0 Å². The summed E-state index contributed by atoms with van der Waals surface area (Å²) >= 11 is 0. The molecule has 4 atom stereocenters. The first-order valence-corrected chi connectivity index (χ1v) is 22.2. The van der Waals surface area contributed by atoms with E-state index in [1.54, 1.807) is 60.7 Å². The molecule has 4 unspecified atom stereocenters. The number of benzene rings is 4. The summed E-state index contributed by atoms with van der Waals surface area (Å²) in [6.07, 6.45) is 1.85. The molecule has 2 fully saturated rings. The van der Waals surface area contributed by atoms with Crippen LogP contribution in [0.15, 0.2) is 72.8 Å². The molecule has 4 aliphatic rings. The zero-order valence-electron chi connectivity index (χ0n) is 35.8. The lowest BCUT2D eigenvalue weighted by molar-refractivity contribution is -0.939. The smallest absolute Gasteiger partial charge is 0.198 e. The normalized spacial score (nSPS) is 22.5. The Morgan fingerprint density at radius 1 is 0.587 bits per heavy atom. The lowest BCUT2D eigenvalue weighted by Crippen LogP contribution is -2.58. The molecule has 0 amide bonds. The van der Waals surface area contributed by atoms with Gasteiger partial charge in [0, 0.05) is 70.0 Å². The SMILES string of the molecule is CC1COCC[N+]1(C)CCCNc1ccc(O)c2c1C(=O)c1ccccc1C2=O.CC1COCC[N+]1(C)CCCNc1ccc(O)c2c1C(=O)c1ccccc1C2=O.O=S(=O)([O-])[O-]. The van der Waals surface area contributed by atoms with E-state index in [-0.39, 0.29) is 56.9 Å². The number of morpholine rings is 2. The fourth-order valence-electron chi connectivity index (χ4n) is 8.55. The molecule has 4 N–H and O–H groups in total. The van der Waals surface area contributed by atoms with E-state index >= 15 is 0 Å². The maximum atomic E-state index is 13.1. The van der Waals surface area contributed by atoms with Crippen molar-refractivity contribution >= 4 is 44.9 Å². The fourth-order valence-corrected chi connectivity index (χ4v) is 8.55. The van der Waals surface area contributed by atoms with Crippen LogP contribution >= 0.6 is 0 Å². The highest BCUT2D eigenvalue weighted by Crippen LogP contribution is 2.38. The number of quaternary nitrogens is 2. The second-order valence-electron chi connectivity index (χ2n) is 16.8. The number of nitrogens with one attached hydrogen (secondary N) is 2. The molecule has 4 aromatic rings. The van der Waals surface area contributed by atoms with Gasteiger partial charge in [-0.15, -0.1) is 0 Å². The number of nitrogens with zero attached hydrogens (tertiary/aromatic N) is 2. The maximum absolute atomic E-state index is 13.1. The van der Waals surface area contributed by atoms with E-state index in [1.165, 1.54) is 12.1 Å². The zero-order valence-corrected chi connectivity index (χ0v) is 36.7. The molecule has 2 aliphatic heterocycles. The summed E-state index contributed by atoms with van der Waals surface area (Å²) in [5.74, 6) is -1.38. The van der Waals surface area contributed by atoms with Crippen LogP contribution in [0.4, 0.5) is 11.4 Å². The highest BCUT2D eigenvalue weighted by molar-refractivity contribution is 7.79. The summed E-state index contributed by atoms with van der Waals surface area (Å²) in [4.78, 5) is 51.9. The molecule has 16 nitrogen and oxygen atoms in total. The van der Waals surface area contributed by atoms with Crippen molar-refractivity contribution in [2.45, 2.75) is 38.8 Å². The van der Waals surface area contributed by atoms with Gasteiger partial charge in [-0.05, 0) is 38.1 Å². The van der Waals surface area contributed by atoms with Gasteiger partial charge < -0.3 is 48.4 Å². The van der Waals surface area contributed by atoms with E-state index in [9.17, 15) is 29.4 Å². The number of fused-ring (bicyclic) bond motifs is 4. The minimum Gasteiger partial charge on any atom is -0.759 e. The molecular formula is C46H54N4O12S. The first-order chi connectivity index (χ1) is 29.8. The molecular weight excluding hydrogens is 833 g/mol. The predicted molar refractivity (Wildman–Crippen MR) is 232 cm³/mol. The predicted octanol–water partition coefficient (Wildman–Crippen LogP) is 4.33. The van der Waals surface area contributed by atoms with E-state index < -0.39 is 10.4 Å². The molecule has 336 valence electrons. The molecule has 0 bridgehead atoms. The molecule has 2 saturated heterocycles. The Balaban J connectivity index is 0.000000190. The number of carbonyl (C=O) groups excluding carboxylic acids is 4. The Bertz CT molecular complexity index is 2350. The molecule has 0 spiro atoms. The van der Waals surface area contributed by atoms with Crippen LogP contribution in [0.1, 0.15) is 90.4 Å². The van der Waals surface area contributed by atoms with E-state index in [1.807, 2.05) is 0 Å². The largest absolute Gasteiger partial charge is 0.759 e. The van der Waals surface area contributed by atoms with Crippen molar-refractivity contribution in [3.63, 3.8) is 0 Å². The van der Waals surface area contributed by atoms with Gasteiger partial charge >= 0.3 is 0 Å². The van der Waals surface area contributed by atoms with E-state index in [4.69, 9.17) is 27.0 Å². The molecule has 2 aliphatic carbocycles. The molecule has 17 heteroatoms. The van der Waals surface area contributed by atoms with Gasteiger partial charge in [-0.1, -0.05) is 48.5 Å². The highest BCUT2D eigenvalue weighted by Gasteiger charge is 2.37. The number of hydrogen-bond acceptors (Lipinski definition) is 14. The van der Waals surface area contributed by atoms with Gasteiger partial charge in [0.25, 0.3) is 0 Å². The van der Waals surface area contributed by atoms with Gasteiger partial charge in [0.05, 0.1) is 75.9 Å². The minimum atomic E-state index is -5.17. The Hall–Kier alpha value is -5.53. The van der Waals surface area contributed by atoms with Gasteiger partial charge in [-0.2, -0.15) is 0 Å². The van der Waals surface area contributed by atoms with Crippen LogP contribution in [0.2, 0.25) is 0 Å².